The molecule has 166 valence electrons. The monoisotopic (exact) mass is 466 g/mol. The van der Waals surface area contributed by atoms with Gasteiger partial charge in [-0.3, -0.25) is 4.72 Å². The highest BCUT2D eigenvalue weighted by molar-refractivity contribution is 7.98. The van der Waals surface area contributed by atoms with Gasteiger partial charge < -0.3 is 14.7 Å². The first-order chi connectivity index (χ1) is 14.9. The SMILES string of the molecule is CCCCC1CN(c2ccc(F)cc2)c2cc(SC)c(O/C=C(\F)C(=O)O)cc2SN1. The Bertz CT molecular complexity index is 955. The first-order valence-corrected chi connectivity index (χ1v) is 11.9. The van der Waals surface area contributed by atoms with Crippen molar-refractivity contribution < 1.29 is 23.4 Å². The summed E-state index contributed by atoms with van der Waals surface area (Å²) >= 11 is 2.87. The Balaban J connectivity index is 2.02. The fraction of sp³-hybridized carbons (Fsp3) is 0.318. The largest absolute Gasteiger partial charge is 0.476 e. The Morgan fingerprint density at radius 1 is 1.39 bits per heavy atom. The number of rotatable bonds is 8. The minimum atomic E-state index is -1.68. The number of unbranched alkanes of at least 4 members (excludes halogenated alkanes) is 1. The van der Waals surface area contributed by atoms with Gasteiger partial charge in [0.15, 0.2) is 0 Å². The third-order valence-corrected chi connectivity index (χ3v) is 6.57. The molecule has 0 fully saturated rings. The van der Waals surface area contributed by atoms with Crippen LogP contribution in [0.4, 0.5) is 20.2 Å². The van der Waals surface area contributed by atoms with E-state index in [0.717, 1.165) is 40.4 Å². The molecule has 1 atom stereocenters. The average molecular weight is 467 g/mol. The maximum atomic E-state index is 13.5. The molecule has 1 aliphatic heterocycles. The third-order valence-electron chi connectivity index (χ3n) is 4.81. The molecule has 0 saturated carbocycles. The van der Waals surface area contributed by atoms with E-state index in [-0.39, 0.29) is 11.9 Å². The van der Waals surface area contributed by atoms with Crippen LogP contribution in [0, 0.1) is 5.82 Å². The van der Waals surface area contributed by atoms with Crippen LogP contribution in [-0.4, -0.2) is 29.9 Å². The summed E-state index contributed by atoms with van der Waals surface area (Å²) < 4.78 is 35.8. The lowest BCUT2D eigenvalue weighted by Crippen LogP contribution is -2.34. The highest BCUT2D eigenvalue weighted by Gasteiger charge is 2.25. The maximum Gasteiger partial charge on any atom is 0.368 e. The first-order valence-electron chi connectivity index (χ1n) is 9.86. The van der Waals surface area contributed by atoms with Crippen molar-refractivity contribution in [3.05, 3.63) is 54.3 Å². The molecule has 1 heterocycles. The van der Waals surface area contributed by atoms with E-state index in [9.17, 15) is 13.6 Å². The number of nitrogens with one attached hydrogen (secondary N) is 1. The number of fused-ring (bicyclic) bond motifs is 1. The first kappa shape index (κ1) is 23.4. The highest BCUT2D eigenvalue weighted by Crippen LogP contribution is 2.43. The normalized spacial score (nSPS) is 16.6. The van der Waals surface area contributed by atoms with Crippen molar-refractivity contribution in [2.24, 2.45) is 0 Å². The summed E-state index contributed by atoms with van der Waals surface area (Å²) in [6.45, 7) is 2.85. The summed E-state index contributed by atoms with van der Waals surface area (Å²) in [4.78, 5) is 14.4. The van der Waals surface area contributed by atoms with Gasteiger partial charge >= 0.3 is 5.97 Å². The Labute approximate surface area is 189 Å². The molecule has 31 heavy (non-hydrogen) atoms. The van der Waals surface area contributed by atoms with E-state index in [0.29, 0.717) is 18.6 Å². The van der Waals surface area contributed by atoms with Gasteiger partial charge in [0.2, 0.25) is 5.83 Å². The molecule has 1 aliphatic rings. The quantitative estimate of drug-likeness (QED) is 0.210. The molecular weight excluding hydrogens is 442 g/mol. The van der Waals surface area contributed by atoms with Crippen molar-refractivity contribution in [1.29, 1.82) is 0 Å². The van der Waals surface area contributed by atoms with Crippen LogP contribution in [0.15, 0.2) is 58.3 Å². The zero-order valence-electron chi connectivity index (χ0n) is 17.2. The van der Waals surface area contributed by atoms with Crippen LogP contribution in [0.3, 0.4) is 0 Å². The molecule has 5 nitrogen and oxygen atoms in total. The smallest absolute Gasteiger partial charge is 0.368 e. The number of carbonyl (C=O) groups is 1. The van der Waals surface area contributed by atoms with Crippen molar-refractivity contribution in [3.63, 3.8) is 0 Å². The van der Waals surface area contributed by atoms with Crippen molar-refractivity contribution in [2.45, 2.75) is 42.0 Å². The van der Waals surface area contributed by atoms with Gasteiger partial charge in [0.1, 0.15) is 17.8 Å². The van der Waals surface area contributed by atoms with E-state index in [1.54, 1.807) is 18.2 Å². The minimum Gasteiger partial charge on any atom is -0.476 e. The summed E-state index contributed by atoms with van der Waals surface area (Å²) in [5, 5.41) is 8.72. The zero-order valence-corrected chi connectivity index (χ0v) is 18.9. The second kappa shape index (κ2) is 10.9. The Kier molecular flexibility index (Phi) is 8.22. The van der Waals surface area contributed by atoms with Gasteiger partial charge in [0.25, 0.3) is 0 Å². The molecule has 9 heteroatoms. The highest BCUT2D eigenvalue weighted by atomic mass is 32.2. The second-order valence-electron chi connectivity index (χ2n) is 7.01. The van der Waals surface area contributed by atoms with Crippen LogP contribution in [0.1, 0.15) is 26.2 Å². The summed E-state index contributed by atoms with van der Waals surface area (Å²) in [6.07, 6.45) is 5.61. The molecule has 0 bridgehead atoms. The molecule has 0 aromatic heterocycles. The fourth-order valence-electron chi connectivity index (χ4n) is 3.21. The number of hydrogen-bond donors (Lipinski definition) is 2. The summed E-state index contributed by atoms with van der Waals surface area (Å²) in [7, 11) is 0. The van der Waals surface area contributed by atoms with Crippen LogP contribution < -0.4 is 14.4 Å². The molecule has 2 aromatic carbocycles. The number of nitrogens with zero attached hydrogens (tertiary/aromatic N) is 1. The molecule has 0 spiro atoms. The predicted molar refractivity (Wildman–Crippen MR) is 121 cm³/mol. The van der Waals surface area contributed by atoms with E-state index in [4.69, 9.17) is 9.84 Å². The average Bonchev–Trinajstić information content (AvgIpc) is 2.94. The molecule has 1 unspecified atom stereocenters. The topological polar surface area (TPSA) is 61.8 Å². The number of hydrogen-bond acceptors (Lipinski definition) is 6. The summed E-state index contributed by atoms with van der Waals surface area (Å²) in [5.74, 6) is -2.99. The number of ether oxygens (including phenoxy) is 1. The second-order valence-corrected chi connectivity index (χ2v) is 8.73. The van der Waals surface area contributed by atoms with Crippen LogP contribution in [0.5, 0.6) is 5.75 Å². The number of halogens is 2. The molecule has 0 saturated heterocycles. The van der Waals surface area contributed by atoms with Crippen molar-refractivity contribution >= 4 is 41.1 Å². The van der Waals surface area contributed by atoms with Crippen molar-refractivity contribution in [3.8, 4) is 5.75 Å². The molecule has 0 aliphatic carbocycles. The number of carboxylic acids is 1. The predicted octanol–water partition coefficient (Wildman–Crippen LogP) is 6.13. The van der Waals surface area contributed by atoms with E-state index < -0.39 is 11.8 Å². The molecular formula is C22H24F2N2O3S2. The Morgan fingerprint density at radius 2 is 2.13 bits per heavy atom. The number of anilines is 2. The minimum absolute atomic E-state index is 0.203. The van der Waals surface area contributed by atoms with Gasteiger partial charge in [-0.2, -0.15) is 4.39 Å². The van der Waals surface area contributed by atoms with Crippen LogP contribution in [-0.2, 0) is 4.79 Å². The zero-order chi connectivity index (χ0) is 22.4. The van der Waals surface area contributed by atoms with Gasteiger partial charge in [-0.1, -0.05) is 19.8 Å². The van der Waals surface area contributed by atoms with Gasteiger partial charge in [0.05, 0.1) is 15.5 Å². The Hall–Kier alpha value is -2.23. The van der Waals surface area contributed by atoms with Crippen LogP contribution in [0.25, 0.3) is 0 Å². The molecule has 2 aromatic rings. The van der Waals surface area contributed by atoms with Crippen LogP contribution in [0.2, 0.25) is 0 Å². The number of thioether (sulfide) groups is 1. The van der Waals surface area contributed by atoms with Gasteiger partial charge in [-0.15, -0.1) is 11.8 Å². The van der Waals surface area contributed by atoms with E-state index in [2.05, 4.69) is 16.5 Å². The van der Waals surface area contributed by atoms with E-state index in [1.807, 2.05) is 12.3 Å². The standard InChI is InChI=1S/C22H24F2N2O3S2/c1-3-4-5-15-12-26(16-8-6-14(23)7-9-16)18-10-21(30-2)19(11-20(18)31-25-15)29-13-17(24)22(27)28/h6-11,13,15,25H,3-5,12H2,1-2H3,(H,27,28)/b17-13-. The summed E-state index contributed by atoms with van der Waals surface area (Å²) in [6, 6.07) is 10.3. The number of aliphatic carboxylic acids is 1. The van der Waals surface area contributed by atoms with Crippen LogP contribution >= 0.6 is 23.7 Å². The van der Waals surface area contributed by atoms with E-state index >= 15 is 0 Å². The summed E-state index contributed by atoms with van der Waals surface area (Å²) in [5.41, 5.74) is 1.79. The van der Waals surface area contributed by atoms with Gasteiger partial charge in [0, 0.05) is 18.3 Å². The third kappa shape index (κ3) is 5.93. The molecule has 0 amide bonds. The number of benzene rings is 2. The maximum absolute atomic E-state index is 13.5. The van der Waals surface area contributed by atoms with Gasteiger partial charge in [-0.05, 0) is 61.0 Å². The Morgan fingerprint density at radius 3 is 2.77 bits per heavy atom. The lowest BCUT2D eigenvalue weighted by molar-refractivity contribution is -0.134. The molecule has 2 N–H and O–H groups in total. The lowest BCUT2D eigenvalue weighted by atomic mass is 10.1. The lowest BCUT2D eigenvalue weighted by Gasteiger charge is -2.28. The van der Waals surface area contributed by atoms with Gasteiger partial charge in [-0.25, -0.2) is 9.18 Å². The molecule has 3 rings (SSSR count). The molecule has 0 radical (unpaired) electrons. The van der Waals surface area contributed by atoms with E-state index in [1.165, 1.54) is 35.8 Å². The fourth-order valence-corrected chi connectivity index (χ4v) is 4.67. The number of carboxylic acid groups (broad SMARTS) is 1. The van der Waals surface area contributed by atoms with Crippen molar-refractivity contribution in [1.82, 2.24) is 4.72 Å². The van der Waals surface area contributed by atoms with Crippen molar-refractivity contribution in [2.75, 3.05) is 17.7 Å².